The molecule has 17 heavy (non-hydrogen) atoms. The molecule has 5 heteroatoms. The molecule has 0 heterocycles. The number of aliphatic hydroxyl groups is 1. The smallest absolute Gasteiger partial charge is 0.243 e. The molecule has 1 rings (SSSR count). The zero-order valence-corrected chi connectivity index (χ0v) is 9.93. The molecule has 5 nitrogen and oxygen atoms in total. The Hall–Kier alpha value is -1.88. The lowest BCUT2D eigenvalue weighted by atomic mass is 10.2. The Kier molecular flexibility index (Phi) is 4.66. The van der Waals surface area contributed by atoms with Gasteiger partial charge in [0.2, 0.25) is 11.8 Å². The first-order chi connectivity index (χ1) is 8.04. The van der Waals surface area contributed by atoms with E-state index in [4.69, 9.17) is 5.11 Å². The van der Waals surface area contributed by atoms with Gasteiger partial charge in [-0.25, -0.2) is 0 Å². The van der Waals surface area contributed by atoms with Crippen LogP contribution >= 0.6 is 0 Å². The van der Waals surface area contributed by atoms with Crippen LogP contribution in [0.15, 0.2) is 24.3 Å². The van der Waals surface area contributed by atoms with Crippen molar-refractivity contribution in [1.82, 2.24) is 4.90 Å². The van der Waals surface area contributed by atoms with E-state index in [2.05, 4.69) is 5.32 Å². The second kappa shape index (κ2) is 6.00. The van der Waals surface area contributed by atoms with Gasteiger partial charge in [-0.2, -0.15) is 0 Å². The van der Waals surface area contributed by atoms with Gasteiger partial charge in [0.25, 0.3) is 0 Å². The number of aliphatic hydroxyl groups excluding tert-OH is 1. The fraction of sp³-hybridized carbons (Fsp3) is 0.333. The lowest BCUT2D eigenvalue weighted by Crippen LogP contribution is -2.33. The van der Waals surface area contributed by atoms with Crippen molar-refractivity contribution in [3.05, 3.63) is 29.8 Å². The van der Waals surface area contributed by atoms with Crippen molar-refractivity contribution in [3.8, 4) is 0 Å². The highest BCUT2D eigenvalue weighted by atomic mass is 16.3. The maximum atomic E-state index is 11.6. The van der Waals surface area contributed by atoms with E-state index in [0.29, 0.717) is 11.3 Å². The predicted molar refractivity (Wildman–Crippen MR) is 64.3 cm³/mol. The van der Waals surface area contributed by atoms with Crippen LogP contribution in [0.3, 0.4) is 0 Å². The number of carbonyl (C=O) groups is 2. The monoisotopic (exact) mass is 236 g/mol. The van der Waals surface area contributed by atoms with E-state index < -0.39 is 0 Å². The van der Waals surface area contributed by atoms with Gasteiger partial charge in [-0.1, -0.05) is 18.2 Å². The Morgan fingerprint density at radius 1 is 1.35 bits per heavy atom. The number of carbonyl (C=O) groups excluding carboxylic acids is 2. The molecule has 0 fully saturated rings. The molecule has 0 aliphatic carbocycles. The van der Waals surface area contributed by atoms with Crippen LogP contribution in [-0.4, -0.2) is 35.4 Å². The van der Waals surface area contributed by atoms with Gasteiger partial charge >= 0.3 is 0 Å². The number of hydrogen-bond acceptors (Lipinski definition) is 3. The molecule has 2 amide bonds. The molecule has 0 aromatic heterocycles. The van der Waals surface area contributed by atoms with Gasteiger partial charge in [0, 0.05) is 25.2 Å². The highest BCUT2D eigenvalue weighted by Gasteiger charge is 2.10. The molecule has 1 aromatic carbocycles. The minimum absolute atomic E-state index is 0.00486. The SMILES string of the molecule is CC(=O)N(C)CC(=O)Nc1ccccc1CO. The van der Waals surface area contributed by atoms with E-state index in [9.17, 15) is 9.59 Å². The second-order valence-corrected chi connectivity index (χ2v) is 3.74. The quantitative estimate of drug-likeness (QED) is 0.804. The third kappa shape index (κ3) is 3.88. The fourth-order valence-electron chi connectivity index (χ4n) is 1.30. The number of benzene rings is 1. The highest BCUT2D eigenvalue weighted by Crippen LogP contribution is 2.14. The summed E-state index contributed by atoms with van der Waals surface area (Å²) >= 11 is 0. The van der Waals surface area contributed by atoms with Crippen molar-refractivity contribution >= 4 is 17.5 Å². The van der Waals surface area contributed by atoms with E-state index in [1.807, 2.05) is 0 Å². The normalized spacial score (nSPS) is 9.82. The van der Waals surface area contributed by atoms with Gasteiger partial charge in [0.15, 0.2) is 0 Å². The minimum atomic E-state index is -0.288. The Morgan fingerprint density at radius 3 is 2.59 bits per heavy atom. The number of para-hydroxylation sites is 1. The maximum Gasteiger partial charge on any atom is 0.243 e. The fourth-order valence-corrected chi connectivity index (χ4v) is 1.30. The van der Waals surface area contributed by atoms with Crippen molar-refractivity contribution in [2.75, 3.05) is 18.9 Å². The molecular weight excluding hydrogens is 220 g/mol. The third-order valence-electron chi connectivity index (χ3n) is 2.38. The van der Waals surface area contributed by atoms with Crippen LogP contribution in [0, 0.1) is 0 Å². The number of hydrogen-bond donors (Lipinski definition) is 2. The summed E-state index contributed by atoms with van der Waals surface area (Å²) in [5.74, 6) is -0.459. The van der Waals surface area contributed by atoms with Crippen molar-refractivity contribution in [3.63, 3.8) is 0 Å². The first kappa shape index (κ1) is 13.2. The molecular formula is C12H16N2O3. The van der Waals surface area contributed by atoms with Crippen molar-refractivity contribution in [2.45, 2.75) is 13.5 Å². The van der Waals surface area contributed by atoms with Gasteiger partial charge in [-0.15, -0.1) is 0 Å². The summed E-state index contributed by atoms with van der Waals surface area (Å²) in [6.07, 6.45) is 0. The number of likely N-dealkylation sites (N-methyl/N-ethyl adjacent to an activating group) is 1. The van der Waals surface area contributed by atoms with Crippen LogP contribution in [-0.2, 0) is 16.2 Å². The van der Waals surface area contributed by atoms with E-state index in [-0.39, 0.29) is 25.0 Å². The summed E-state index contributed by atoms with van der Waals surface area (Å²) in [6, 6.07) is 6.98. The molecule has 0 saturated carbocycles. The Morgan fingerprint density at radius 2 is 2.00 bits per heavy atom. The molecule has 2 N–H and O–H groups in total. The topological polar surface area (TPSA) is 69.6 Å². The first-order valence-corrected chi connectivity index (χ1v) is 5.25. The van der Waals surface area contributed by atoms with Crippen LogP contribution in [0.4, 0.5) is 5.69 Å². The molecule has 0 radical (unpaired) electrons. The number of rotatable bonds is 4. The van der Waals surface area contributed by atoms with Gasteiger partial charge < -0.3 is 15.3 Å². The summed E-state index contributed by atoms with van der Waals surface area (Å²) in [5, 5.41) is 11.7. The van der Waals surface area contributed by atoms with E-state index in [1.54, 1.807) is 31.3 Å². The van der Waals surface area contributed by atoms with Crippen LogP contribution in [0.1, 0.15) is 12.5 Å². The average molecular weight is 236 g/mol. The zero-order valence-electron chi connectivity index (χ0n) is 9.93. The van der Waals surface area contributed by atoms with Crippen molar-refractivity contribution in [1.29, 1.82) is 0 Å². The molecule has 0 aliphatic rings. The van der Waals surface area contributed by atoms with Gasteiger partial charge in [-0.05, 0) is 6.07 Å². The van der Waals surface area contributed by atoms with Gasteiger partial charge in [0.05, 0.1) is 13.2 Å². The van der Waals surface area contributed by atoms with Crippen LogP contribution in [0.2, 0.25) is 0 Å². The molecule has 0 spiro atoms. The van der Waals surface area contributed by atoms with Gasteiger partial charge in [0.1, 0.15) is 0 Å². The van der Waals surface area contributed by atoms with Crippen LogP contribution < -0.4 is 5.32 Å². The molecule has 0 bridgehead atoms. The summed E-state index contributed by atoms with van der Waals surface area (Å²) in [7, 11) is 1.56. The first-order valence-electron chi connectivity index (χ1n) is 5.25. The Balaban J connectivity index is 2.65. The van der Waals surface area contributed by atoms with Gasteiger partial charge in [-0.3, -0.25) is 9.59 Å². The molecule has 0 aliphatic heterocycles. The largest absolute Gasteiger partial charge is 0.392 e. The summed E-state index contributed by atoms with van der Waals surface area (Å²) in [4.78, 5) is 23.9. The van der Waals surface area contributed by atoms with Crippen LogP contribution in [0.25, 0.3) is 0 Å². The third-order valence-corrected chi connectivity index (χ3v) is 2.38. The molecule has 92 valence electrons. The number of anilines is 1. The Bertz CT molecular complexity index is 418. The summed E-state index contributed by atoms with van der Waals surface area (Å²) < 4.78 is 0. The lowest BCUT2D eigenvalue weighted by molar-refractivity contribution is -0.131. The maximum absolute atomic E-state index is 11.6. The second-order valence-electron chi connectivity index (χ2n) is 3.74. The average Bonchev–Trinajstić information content (AvgIpc) is 2.29. The highest BCUT2D eigenvalue weighted by molar-refractivity contribution is 5.94. The van der Waals surface area contributed by atoms with Crippen molar-refractivity contribution in [2.24, 2.45) is 0 Å². The lowest BCUT2D eigenvalue weighted by Gasteiger charge is -2.15. The van der Waals surface area contributed by atoms with Crippen molar-refractivity contribution < 1.29 is 14.7 Å². The van der Waals surface area contributed by atoms with Crippen LogP contribution in [0.5, 0.6) is 0 Å². The standard InChI is InChI=1S/C12H16N2O3/c1-9(16)14(2)7-12(17)13-11-6-4-3-5-10(11)8-15/h3-6,15H,7-8H2,1-2H3,(H,13,17). The van der Waals surface area contributed by atoms with E-state index in [1.165, 1.54) is 11.8 Å². The molecule has 0 atom stereocenters. The predicted octanol–water partition coefficient (Wildman–Crippen LogP) is 0.596. The zero-order chi connectivity index (χ0) is 12.8. The summed E-state index contributed by atoms with van der Waals surface area (Å²) in [5.41, 5.74) is 1.21. The minimum Gasteiger partial charge on any atom is -0.392 e. The van der Waals surface area contributed by atoms with E-state index in [0.717, 1.165) is 0 Å². The Labute approximate surface area is 100 Å². The number of nitrogens with one attached hydrogen (secondary N) is 1. The molecule has 1 aromatic rings. The molecule has 0 saturated heterocycles. The number of amides is 2. The van der Waals surface area contributed by atoms with E-state index >= 15 is 0 Å². The summed E-state index contributed by atoms with van der Waals surface area (Å²) in [6.45, 7) is 1.25. The number of nitrogens with zero attached hydrogens (tertiary/aromatic N) is 1. The molecule has 0 unspecified atom stereocenters.